The molecule has 1 N–H and O–H groups in total. The Labute approximate surface area is 98.6 Å². The van der Waals surface area contributed by atoms with Crippen molar-refractivity contribution in [1.82, 2.24) is 4.90 Å². The summed E-state index contributed by atoms with van der Waals surface area (Å²) in [6.07, 6.45) is 5.85. The molecular formula is C12H24ClNO. The van der Waals surface area contributed by atoms with Crippen LogP contribution in [0.15, 0.2) is 0 Å². The van der Waals surface area contributed by atoms with E-state index >= 15 is 0 Å². The Balaban J connectivity index is 2.02. The van der Waals surface area contributed by atoms with Crippen molar-refractivity contribution in [3.63, 3.8) is 0 Å². The molecule has 2 unspecified atom stereocenters. The monoisotopic (exact) mass is 233 g/mol. The number of piperidine rings is 1. The third kappa shape index (κ3) is 5.19. The van der Waals surface area contributed by atoms with E-state index < -0.39 is 0 Å². The Morgan fingerprint density at radius 1 is 1.27 bits per heavy atom. The third-order valence-electron chi connectivity index (χ3n) is 3.30. The molecule has 15 heavy (non-hydrogen) atoms. The summed E-state index contributed by atoms with van der Waals surface area (Å²) >= 11 is 5.63. The van der Waals surface area contributed by atoms with Crippen LogP contribution in [0.2, 0.25) is 0 Å². The second-order valence-corrected chi connectivity index (χ2v) is 5.12. The fraction of sp³-hybridized carbons (Fsp3) is 1.00. The Morgan fingerprint density at radius 2 is 2.00 bits per heavy atom. The molecule has 0 amide bonds. The van der Waals surface area contributed by atoms with Gasteiger partial charge in [0.2, 0.25) is 0 Å². The first-order valence-corrected chi connectivity index (χ1v) is 6.74. The van der Waals surface area contributed by atoms with Crippen LogP contribution < -0.4 is 0 Å². The zero-order valence-corrected chi connectivity index (χ0v) is 10.5. The van der Waals surface area contributed by atoms with Crippen molar-refractivity contribution in [3.05, 3.63) is 0 Å². The molecule has 0 aromatic rings. The minimum absolute atomic E-state index is 0.0718. The number of hydrogen-bond donors (Lipinski definition) is 1. The van der Waals surface area contributed by atoms with Crippen molar-refractivity contribution < 1.29 is 5.11 Å². The topological polar surface area (TPSA) is 23.5 Å². The van der Waals surface area contributed by atoms with Gasteiger partial charge in [0, 0.05) is 19.0 Å². The van der Waals surface area contributed by atoms with Gasteiger partial charge in [0.05, 0.1) is 6.10 Å². The highest BCUT2D eigenvalue weighted by Crippen LogP contribution is 2.17. The SMILES string of the molecule is CC1CN(CCCCCCCl)CCC1O. The van der Waals surface area contributed by atoms with Crippen molar-refractivity contribution in [2.75, 3.05) is 25.5 Å². The fourth-order valence-electron chi connectivity index (χ4n) is 2.21. The number of rotatable bonds is 6. The minimum atomic E-state index is -0.0718. The first-order chi connectivity index (χ1) is 7.24. The third-order valence-corrected chi connectivity index (χ3v) is 3.57. The largest absolute Gasteiger partial charge is 0.393 e. The lowest BCUT2D eigenvalue weighted by molar-refractivity contribution is 0.0345. The molecule has 0 bridgehead atoms. The maximum Gasteiger partial charge on any atom is 0.0590 e. The van der Waals surface area contributed by atoms with E-state index in [2.05, 4.69) is 11.8 Å². The van der Waals surface area contributed by atoms with Crippen LogP contribution in [0.5, 0.6) is 0 Å². The summed E-state index contributed by atoms with van der Waals surface area (Å²) in [4.78, 5) is 2.48. The van der Waals surface area contributed by atoms with E-state index in [1.54, 1.807) is 0 Å². The molecule has 0 aliphatic carbocycles. The van der Waals surface area contributed by atoms with Gasteiger partial charge >= 0.3 is 0 Å². The van der Waals surface area contributed by atoms with Gasteiger partial charge in [-0.15, -0.1) is 11.6 Å². The summed E-state index contributed by atoms with van der Waals surface area (Å²) in [5, 5.41) is 9.60. The van der Waals surface area contributed by atoms with Gasteiger partial charge in [0.25, 0.3) is 0 Å². The van der Waals surface area contributed by atoms with Crippen molar-refractivity contribution in [2.24, 2.45) is 5.92 Å². The van der Waals surface area contributed by atoms with Crippen LogP contribution in [-0.4, -0.2) is 41.6 Å². The molecular weight excluding hydrogens is 210 g/mol. The minimum Gasteiger partial charge on any atom is -0.393 e. The predicted octanol–water partition coefficient (Wildman–Crippen LogP) is 2.49. The van der Waals surface area contributed by atoms with Gasteiger partial charge < -0.3 is 10.0 Å². The molecule has 90 valence electrons. The van der Waals surface area contributed by atoms with Crippen molar-refractivity contribution >= 4 is 11.6 Å². The molecule has 2 atom stereocenters. The summed E-state index contributed by atoms with van der Waals surface area (Å²) in [6, 6.07) is 0. The van der Waals surface area contributed by atoms with Crippen molar-refractivity contribution in [1.29, 1.82) is 0 Å². The number of likely N-dealkylation sites (tertiary alicyclic amines) is 1. The molecule has 1 fully saturated rings. The predicted molar refractivity (Wildman–Crippen MR) is 65.4 cm³/mol. The first-order valence-electron chi connectivity index (χ1n) is 6.20. The van der Waals surface area contributed by atoms with Crippen LogP contribution in [0, 0.1) is 5.92 Å². The maximum absolute atomic E-state index is 9.60. The summed E-state index contributed by atoms with van der Waals surface area (Å²) < 4.78 is 0. The number of halogens is 1. The van der Waals surface area contributed by atoms with Crippen LogP contribution in [0.3, 0.4) is 0 Å². The van der Waals surface area contributed by atoms with E-state index in [0.29, 0.717) is 5.92 Å². The number of hydrogen-bond acceptors (Lipinski definition) is 2. The van der Waals surface area contributed by atoms with Crippen LogP contribution in [-0.2, 0) is 0 Å². The Bertz CT molecular complexity index is 166. The quantitative estimate of drug-likeness (QED) is 0.563. The van der Waals surface area contributed by atoms with Gasteiger partial charge in [0.15, 0.2) is 0 Å². The van der Waals surface area contributed by atoms with E-state index in [9.17, 15) is 5.11 Å². The van der Waals surface area contributed by atoms with Gasteiger partial charge in [-0.3, -0.25) is 0 Å². The van der Waals surface area contributed by atoms with Crippen LogP contribution in [0.25, 0.3) is 0 Å². The molecule has 2 nitrogen and oxygen atoms in total. The van der Waals surface area contributed by atoms with Crippen LogP contribution in [0.1, 0.15) is 39.0 Å². The summed E-state index contributed by atoms with van der Waals surface area (Å²) in [6.45, 7) is 5.47. The molecule has 1 saturated heterocycles. The van der Waals surface area contributed by atoms with Crippen molar-refractivity contribution in [2.45, 2.75) is 45.1 Å². The zero-order valence-electron chi connectivity index (χ0n) is 9.79. The lowest BCUT2D eigenvalue weighted by Crippen LogP contribution is -2.42. The molecule has 1 heterocycles. The molecule has 1 aliphatic rings. The molecule has 1 rings (SSSR count). The highest BCUT2D eigenvalue weighted by Gasteiger charge is 2.23. The summed E-state index contributed by atoms with van der Waals surface area (Å²) in [5.41, 5.74) is 0. The van der Waals surface area contributed by atoms with Crippen molar-refractivity contribution in [3.8, 4) is 0 Å². The second kappa shape index (κ2) is 7.48. The van der Waals surface area contributed by atoms with E-state index in [4.69, 9.17) is 11.6 Å². The average Bonchev–Trinajstić information content (AvgIpc) is 2.23. The second-order valence-electron chi connectivity index (χ2n) is 4.74. The molecule has 1 aliphatic heterocycles. The molecule has 0 aromatic carbocycles. The summed E-state index contributed by atoms with van der Waals surface area (Å²) in [7, 11) is 0. The van der Waals surface area contributed by atoms with Gasteiger partial charge in [-0.25, -0.2) is 0 Å². The van der Waals surface area contributed by atoms with Gasteiger partial charge in [-0.1, -0.05) is 19.8 Å². The molecule has 0 radical (unpaired) electrons. The maximum atomic E-state index is 9.60. The number of nitrogens with zero attached hydrogens (tertiary/aromatic N) is 1. The lowest BCUT2D eigenvalue weighted by atomic mass is 9.96. The standard InChI is InChI=1S/C12H24ClNO/c1-11-10-14(9-6-12(11)15)8-5-3-2-4-7-13/h11-12,15H,2-10H2,1H3. The molecule has 0 spiro atoms. The van der Waals surface area contributed by atoms with Gasteiger partial charge in [-0.05, 0) is 31.7 Å². The number of alkyl halides is 1. The van der Waals surface area contributed by atoms with E-state index in [-0.39, 0.29) is 6.10 Å². The van der Waals surface area contributed by atoms with Crippen LogP contribution >= 0.6 is 11.6 Å². The van der Waals surface area contributed by atoms with E-state index in [1.165, 1.54) is 25.8 Å². The molecule has 0 aromatic heterocycles. The Morgan fingerprint density at radius 3 is 2.67 bits per heavy atom. The summed E-state index contributed by atoms with van der Waals surface area (Å²) in [5.74, 6) is 1.24. The molecule has 3 heteroatoms. The first kappa shape index (κ1) is 13.3. The van der Waals surface area contributed by atoms with Gasteiger partial charge in [-0.2, -0.15) is 0 Å². The zero-order chi connectivity index (χ0) is 11.1. The average molecular weight is 234 g/mol. The fourth-order valence-corrected chi connectivity index (χ4v) is 2.40. The number of aliphatic hydroxyl groups excluding tert-OH is 1. The molecule has 0 saturated carbocycles. The lowest BCUT2D eigenvalue weighted by Gasteiger charge is -2.34. The van der Waals surface area contributed by atoms with Crippen LogP contribution in [0.4, 0.5) is 0 Å². The number of aliphatic hydroxyl groups is 1. The highest BCUT2D eigenvalue weighted by molar-refractivity contribution is 6.17. The Kier molecular flexibility index (Phi) is 6.62. The normalized spacial score (nSPS) is 28.2. The Hall–Kier alpha value is 0.210. The smallest absolute Gasteiger partial charge is 0.0590 e. The van der Waals surface area contributed by atoms with Gasteiger partial charge in [0.1, 0.15) is 0 Å². The van der Waals surface area contributed by atoms with E-state index in [0.717, 1.165) is 31.8 Å². The highest BCUT2D eigenvalue weighted by atomic mass is 35.5. The van der Waals surface area contributed by atoms with E-state index in [1.807, 2.05) is 0 Å². The number of unbranched alkanes of at least 4 members (excludes halogenated alkanes) is 3.